The molecule has 1 aliphatic rings. The number of nitrogens with zero attached hydrogens (tertiary/aromatic N) is 4. The van der Waals surface area contributed by atoms with Gasteiger partial charge in [0.05, 0.1) is 42.9 Å². The Hall–Kier alpha value is -2.41. The summed E-state index contributed by atoms with van der Waals surface area (Å²) in [6.07, 6.45) is 6.09. The molecule has 2 aromatic heterocycles. The van der Waals surface area contributed by atoms with Crippen LogP contribution in [0.5, 0.6) is 0 Å². The number of urea groups is 1. The number of pyridine rings is 1. The number of aromatic nitrogens is 3. The summed E-state index contributed by atoms with van der Waals surface area (Å²) in [5, 5.41) is 7.18. The number of anilines is 1. The van der Waals surface area contributed by atoms with Crippen molar-refractivity contribution in [3.8, 4) is 0 Å². The van der Waals surface area contributed by atoms with Gasteiger partial charge in [-0.05, 0) is 25.5 Å². The van der Waals surface area contributed by atoms with Crippen LogP contribution in [0.2, 0.25) is 0 Å². The van der Waals surface area contributed by atoms with Gasteiger partial charge in [0.25, 0.3) is 0 Å². The molecule has 3 rings (SSSR count). The minimum Gasteiger partial charge on any atom is -0.372 e. The molecule has 1 fully saturated rings. The molecular weight excluding hydrogens is 306 g/mol. The van der Waals surface area contributed by atoms with Crippen LogP contribution in [-0.4, -0.2) is 51.0 Å². The van der Waals surface area contributed by atoms with Crippen molar-refractivity contribution in [1.29, 1.82) is 0 Å². The standard InChI is InChI=1S/C17H23N5O2/c1-3-17(2)13-21(8-9-24-17)16(23)20-15-10-19-22(12-15)11-14-6-4-5-7-18-14/h4-7,10,12H,3,8-9,11,13H2,1-2H3,(H,20,23)/t17-/m0/s1. The molecule has 3 heterocycles. The van der Waals surface area contributed by atoms with Crippen molar-refractivity contribution in [3.05, 3.63) is 42.5 Å². The molecule has 2 amide bonds. The first-order valence-electron chi connectivity index (χ1n) is 8.20. The quantitative estimate of drug-likeness (QED) is 0.934. The predicted octanol–water partition coefficient (Wildman–Crippen LogP) is 2.36. The van der Waals surface area contributed by atoms with E-state index in [4.69, 9.17) is 4.74 Å². The monoisotopic (exact) mass is 329 g/mol. The predicted molar refractivity (Wildman–Crippen MR) is 90.8 cm³/mol. The zero-order chi connectivity index (χ0) is 17.0. The van der Waals surface area contributed by atoms with E-state index < -0.39 is 0 Å². The Morgan fingerprint density at radius 3 is 3.08 bits per heavy atom. The maximum Gasteiger partial charge on any atom is 0.322 e. The summed E-state index contributed by atoms with van der Waals surface area (Å²) >= 11 is 0. The minimum absolute atomic E-state index is 0.115. The SMILES string of the molecule is CC[C@@]1(C)CN(C(=O)Nc2cnn(Cc3ccccn3)c2)CCO1. The van der Waals surface area contributed by atoms with Crippen LogP contribution in [0.15, 0.2) is 36.8 Å². The van der Waals surface area contributed by atoms with Crippen LogP contribution in [0.3, 0.4) is 0 Å². The van der Waals surface area contributed by atoms with Gasteiger partial charge >= 0.3 is 6.03 Å². The number of carbonyl (C=O) groups is 1. The Morgan fingerprint density at radius 1 is 1.46 bits per heavy atom. The summed E-state index contributed by atoms with van der Waals surface area (Å²) in [4.78, 5) is 18.5. The average Bonchev–Trinajstić information content (AvgIpc) is 3.03. The Bertz CT molecular complexity index is 687. The zero-order valence-electron chi connectivity index (χ0n) is 14.1. The summed E-state index contributed by atoms with van der Waals surface area (Å²) in [5.41, 5.74) is 1.34. The van der Waals surface area contributed by atoms with E-state index in [-0.39, 0.29) is 11.6 Å². The lowest BCUT2D eigenvalue weighted by atomic mass is 10.0. The molecular formula is C17H23N5O2. The molecule has 1 saturated heterocycles. The molecule has 128 valence electrons. The summed E-state index contributed by atoms with van der Waals surface area (Å²) < 4.78 is 7.53. The largest absolute Gasteiger partial charge is 0.372 e. The summed E-state index contributed by atoms with van der Waals surface area (Å²) in [5.74, 6) is 0. The van der Waals surface area contributed by atoms with Gasteiger partial charge in [0.1, 0.15) is 0 Å². The Labute approximate surface area is 141 Å². The number of hydrogen-bond donors (Lipinski definition) is 1. The first-order valence-corrected chi connectivity index (χ1v) is 8.20. The van der Waals surface area contributed by atoms with Crippen LogP contribution in [-0.2, 0) is 11.3 Å². The molecule has 0 spiro atoms. The average molecular weight is 329 g/mol. The molecule has 1 N–H and O–H groups in total. The maximum absolute atomic E-state index is 12.4. The van der Waals surface area contributed by atoms with E-state index in [1.807, 2.05) is 31.3 Å². The molecule has 24 heavy (non-hydrogen) atoms. The van der Waals surface area contributed by atoms with Gasteiger partial charge in [0.15, 0.2) is 0 Å². The first kappa shape index (κ1) is 16.4. The van der Waals surface area contributed by atoms with Gasteiger partial charge in [-0.2, -0.15) is 5.10 Å². The third kappa shape index (κ3) is 3.91. The molecule has 2 aromatic rings. The topological polar surface area (TPSA) is 72.3 Å². The second kappa shape index (κ2) is 7.00. The lowest BCUT2D eigenvalue weighted by Crippen LogP contribution is -2.52. The maximum atomic E-state index is 12.4. The van der Waals surface area contributed by atoms with Gasteiger partial charge in [-0.1, -0.05) is 13.0 Å². The molecule has 0 aliphatic carbocycles. The van der Waals surface area contributed by atoms with Crippen LogP contribution in [0, 0.1) is 0 Å². The third-order valence-electron chi connectivity index (χ3n) is 4.31. The Kier molecular flexibility index (Phi) is 4.80. The fourth-order valence-corrected chi connectivity index (χ4v) is 2.69. The van der Waals surface area contributed by atoms with Crippen molar-refractivity contribution >= 4 is 11.7 Å². The molecule has 0 unspecified atom stereocenters. The number of nitrogens with one attached hydrogen (secondary N) is 1. The van der Waals surface area contributed by atoms with E-state index in [0.717, 1.165) is 12.1 Å². The van der Waals surface area contributed by atoms with Gasteiger partial charge < -0.3 is 15.0 Å². The van der Waals surface area contributed by atoms with Gasteiger partial charge in [-0.25, -0.2) is 4.79 Å². The van der Waals surface area contributed by atoms with E-state index in [1.165, 1.54) is 0 Å². The smallest absolute Gasteiger partial charge is 0.322 e. The Morgan fingerprint density at radius 2 is 2.33 bits per heavy atom. The van der Waals surface area contributed by atoms with E-state index in [2.05, 4.69) is 22.3 Å². The summed E-state index contributed by atoms with van der Waals surface area (Å²) in [6, 6.07) is 5.65. The molecule has 1 atom stereocenters. The third-order valence-corrected chi connectivity index (χ3v) is 4.31. The molecule has 7 heteroatoms. The van der Waals surface area contributed by atoms with Crippen molar-refractivity contribution < 1.29 is 9.53 Å². The van der Waals surface area contributed by atoms with E-state index in [0.29, 0.717) is 31.9 Å². The van der Waals surface area contributed by atoms with Crippen LogP contribution in [0.1, 0.15) is 26.0 Å². The number of carbonyl (C=O) groups excluding carboxylic acids is 1. The van der Waals surface area contributed by atoms with E-state index in [1.54, 1.807) is 22.0 Å². The molecule has 7 nitrogen and oxygen atoms in total. The fourth-order valence-electron chi connectivity index (χ4n) is 2.69. The van der Waals surface area contributed by atoms with Gasteiger partial charge in [0.2, 0.25) is 0 Å². The fraction of sp³-hybridized carbons (Fsp3) is 0.471. The van der Waals surface area contributed by atoms with E-state index in [9.17, 15) is 4.79 Å². The lowest BCUT2D eigenvalue weighted by molar-refractivity contribution is -0.0860. The molecule has 0 bridgehead atoms. The van der Waals surface area contributed by atoms with Crippen molar-refractivity contribution in [2.75, 3.05) is 25.0 Å². The van der Waals surface area contributed by atoms with Crippen molar-refractivity contribution in [1.82, 2.24) is 19.7 Å². The highest BCUT2D eigenvalue weighted by molar-refractivity contribution is 5.89. The second-order valence-electron chi connectivity index (χ2n) is 6.25. The highest BCUT2D eigenvalue weighted by Crippen LogP contribution is 2.21. The van der Waals surface area contributed by atoms with Gasteiger partial charge in [-0.3, -0.25) is 9.67 Å². The lowest BCUT2D eigenvalue weighted by Gasteiger charge is -2.39. The summed E-state index contributed by atoms with van der Waals surface area (Å²) in [6.45, 7) is 6.44. The number of ether oxygens (including phenoxy) is 1. The molecule has 1 aliphatic heterocycles. The number of amides is 2. The van der Waals surface area contributed by atoms with Gasteiger partial charge in [0, 0.05) is 18.9 Å². The van der Waals surface area contributed by atoms with Gasteiger partial charge in [-0.15, -0.1) is 0 Å². The van der Waals surface area contributed by atoms with E-state index >= 15 is 0 Å². The normalized spacial score (nSPS) is 20.8. The molecule has 0 radical (unpaired) electrons. The highest BCUT2D eigenvalue weighted by atomic mass is 16.5. The Balaban J connectivity index is 1.59. The molecule has 0 saturated carbocycles. The zero-order valence-corrected chi connectivity index (χ0v) is 14.1. The molecule has 0 aromatic carbocycles. The number of rotatable bonds is 4. The first-order chi connectivity index (χ1) is 11.6. The number of hydrogen-bond acceptors (Lipinski definition) is 4. The van der Waals surface area contributed by atoms with Crippen molar-refractivity contribution in [2.24, 2.45) is 0 Å². The van der Waals surface area contributed by atoms with Crippen LogP contribution < -0.4 is 5.32 Å². The minimum atomic E-state index is -0.265. The number of morpholine rings is 1. The van der Waals surface area contributed by atoms with Crippen LogP contribution >= 0.6 is 0 Å². The second-order valence-corrected chi connectivity index (χ2v) is 6.25. The highest BCUT2D eigenvalue weighted by Gasteiger charge is 2.32. The van der Waals surface area contributed by atoms with Crippen molar-refractivity contribution in [2.45, 2.75) is 32.4 Å². The van der Waals surface area contributed by atoms with Crippen molar-refractivity contribution in [3.63, 3.8) is 0 Å². The van der Waals surface area contributed by atoms with Crippen LogP contribution in [0.25, 0.3) is 0 Å². The summed E-state index contributed by atoms with van der Waals surface area (Å²) in [7, 11) is 0. The van der Waals surface area contributed by atoms with Crippen LogP contribution in [0.4, 0.5) is 10.5 Å².